The van der Waals surface area contributed by atoms with Gasteiger partial charge >= 0.3 is 0 Å². The van der Waals surface area contributed by atoms with Crippen molar-refractivity contribution >= 4 is 5.91 Å². The van der Waals surface area contributed by atoms with E-state index in [1.165, 1.54) is 19.3 Å². The third-order valence-electron chi connectivity index (χ3n) is 5.39. The minimum atomic E-state index is -0.0826. The highest BCUT2D eigenvalue weighted by molar-refractivity contribution is 5.95. The van der Waals surface area contributed by atoms with Gasteiger partial charge in [-0.3, -0.25) is 14.7 Å². The van der Waals surface area contributed by atoms with E-state index >= 15 is 0 Å². The Kier molecular flexibility index (Phi) is 4.15. The van der Waals surface area contributed by atoms with Crippen LogP contribution in [0.4, 0.5) is 0 Å². The fraction of sp³-hybridized carbons (Fsp3) is 0.556. The molecule has 2 aromatic rings. The molecule has 1 amide bonds. The minimum absolute atomic E-state index is 0.0142. The Balaban J connectivity index is 1.58. The molecule has 0 radical (unpaired) electrons. The van der Waals surface area contributed by atoms with Gasteiger partial charge in [-0.1, -0.05) is 19.3 Å². The van der Waals surface area contributed by atoms with Crippen LogP contribution in [0.15, 0.2) is 11.0 Å². The fourth-order valence-corrected chi connectivity index (χ4v) is 4.08. The Morgan fingerprint density at radius 1 is 1.28 bits per heavy atom. The molecule has 0 unspecified atom stereocenters. The standard InChI is InChI=1S/C18H23N5O2/c1-11-20-15-10-23(8-7-13(15)17(24)21-11)18(25)14-9-19-22-16(14)12-5-3-2-4-6-12/h9,12H,2-8,10H2,1H3,(H,19,22)(H,20,21,24). The normalized spacial score (nSPS) is 18.2. The number of nitrogens with one attached hydrogen (secondary N) is 2. The van der Waals surface area contributed by atoms with Crippen molar-refractivity contribution in [2.75, 3.05) is 6.54 Å². The smallest absolute Gasteiger partial charge is 0.257 e. The topological polar surface area (TPSA) is 94.7 Å². The number of amides is 1. The molecule has 132 valence electrons. The van der Waals surface area contributed by atoms with Crippen molar-refractivity contribution in [2.45, 2.75) is 57.9 Å². The molecule has 2 N–H and O–H groups in total. The number of aromatic nitrogens is 4. The van der Waals surface area contributed by atoms with Crippen molar-refractivity contribution in [1.82, 2.24) is 25.1 Å². The molecule has 1 saturated carbocycles. The Labute approximate surface area is 145 Å². The summed E-state index contributed by atoms with van der Waals surface area (Å²) in [4.78, 5) is 34.0. The van der Waals surface area contributed by atoms with Gasteiger partial charge < -0.3 is 9.88 Å². The predicted octanol–water partition coefficient (Wildman–Crippen LogP) is 2.05. The second-order valence-electron chi connectivity index (χ2n) is 7.09. The van der Waals surface area contributed by atoms with Crippen LogP contribution in [0.1, 0.15) is 71.2 Å². The summed E-state index contributed by atoms with van der Waals surface area (Å²) in [5.41, 5.74) is 2.99. The van der Waals surface area contributed by atoms with E-state index in [0.29, 0.717) is 48.1 Å². The average molecular weight is 341 g/mol. The summed E-state index contributed by atoms with van der Waals surface area (Å²) in [5, 5.41) is 7.21. The second-order valence-corrected chi connectivity index (χ2v) is 7.09. The summed E-state index contributed by atoms with van der Waals surface area (Å²) >= 11 is 0. The zero-order valence-electron chi connectivity index (χ0n) is 14.5. The van der Waals surface area contributed by atoms with Gasteiger partial charge in [0.05, 0.1) is 29.7 Å². The lowest BCUT2D eigenvalue weighted by molar-refractivity contribution is 0.0729. The molecule has 7 heteroatoms. The third-order valence-corrected chi connectivity index (χ3v) is 5.39. The van der Waals surface area contributed by atoms with Crippen molar-refractivity contribution in [3.05, 3.63) is 44.9 Å². The molecule has 1 aliphatic heterocycles. The maximum absolute atomic E-state index is 13.1. The van der Waals surface area contributed by atoms with Gasteiger partial charge in [0.2, 0.25) is 0 Å². The van der Waals surface area contributed by atoms with Gasteiger partial charge in [0.15, 0.2) is 0 Å². The molecule has 2 aliphatic rings. The van der Waals surface area contributed by atoms with Crippen LogP contribution in [0.2, 0.25) is 0 Å². The van der Waals surface area contributed by atoms with Crippen LogP contribution >= 0.6 is 0 Å². The first-order chi connectivity index (χ1) is 12.1. The third kappa shape index (κ3) is 2.99. The van der Waals surface area contributed by atoms with Gasteiger partial charge in [0.25, 0.3) is 11.5 Å². The first-order valence-electron chi connectivity index (χ1n) is 9.04. The van der Waals surface area contributed by atoms with Gasteiger partial charge in [0, 0.05) is 18.0 Å². The van der Waals surface area contributed by atoms with Crippen LogP contribution < -0.4 is 5.56 Å². The summed E-state index contributed by atoms with van der Waals surface area (Å²) in [7, 11) is 0. The van der Waals surface area contributed by atoms with Crippen molar-refractivity contribution in [3.8, 4) is 0 Å². The highest BCUT2D eigenvalue weighted by Gasteiger charge is 2.29. The van der Waals surface area contributed by atoms with Crippen molar-refractivity contribution < 1.29 is 4.79 Å². The average Bonchev–Trinajstić information content (AvgIpc) is 3.11. The lowest BCUT2D eigenvalue weighted by atomic mass is 9.85. The zero-order valence-corrected chi connectivity index (χ0v) is 14.5. The number of aryl methyl sites for hydroxylation is 1. The number of H-pyrrole nitrogens is 2. The van der Waals surface area contributed by atoms with Crippen LogP contribution in [-0.2, 0) is 13.0 Å². The molecular weight excluding hydrogens is 318 g/mol. The summed E-state index contributed by atoms with van der Waals surface area (Å²) in [6.45, 7) is 2.68. The van der Waals surface area contributed by atoms with Gasteiger partial charge in [-0.2, -0.15) is 5.10 Å². The van der Waals surface area contributed by atoms with Gasteiger partial charge in [-0.05, 0) is 26.2 Å². The van der Waals surface area contributed by atoms with Crippen molar-refractivity contribution in [2.24, 2.45) is 0 Å². The summed E-state index contributed by atoms with van der Waals surface area (Å²) in [6.07, 6.45) is 8.11. The molecule has 1 aliphatic carbocycles. The number of carbonyl (C=O) groups is 1. The van der Waals surface area contributed by atoms with E-state index in [1.54, 1.807) is 18.0 Å². The van der Waals surface area contributed by atoms with Gasteiger partial charge in [-0.25, -0.2) is 4.98 Å². The van der Waals surface area contributed by atoms with Crippen molar-refractivity contribution in [3.63, 3.8) is 0 Å². The van der Waals surface area contributed by atoms with Crippen LogP contribution in [0.25, 0.3) is 0 Å². The number of carbonyl (C=O) groups excluding carboxylic acids is 1. The monoisotopic (exact) mass is 341 g/mol. The molecule has 4 rings (SSSR count). The Morgan fingerprint density at radius 2 is 2.08 bits per heavy atom. The molecule has 0 aromatic carbocycles. The maximum atomic E-state index is 13.1. The Hall–Kier alpha value is -2.44. The van der Waals surface area contributed by atoms with E-state index in [4.69, 9.17) is 0 Å². The van der Waals surface area contributed by atoms with Crippen LogP contribution in [0.3, 0.4) is 0 Å². The molecule has 7 nitrogen and oxygen atoms in total. The zero-order chi connectivity index (χ0) is 17.4. The molecule has 1 fully saturated rings. The SMILES string of the molecule is Cc1nc2c(c(=O)[nH]1)CCN(C(=O)c1cn[nH]c1C1CCCCC1)C2. The minimum Gasteiger partial charge on any atom is -0.332 e. The molecule has 3 heterocycles. The maximum Gasteiger partial charge on any atom is 0.257 e. The number of fused-ring (bicyclic) bond motifs is 1. The van der Waals surface area contributed by atoms with Crippen LogP contribution in [0.5, 0.6) is 0 Å². The Morgan fingerprint density at radius 3 is 2.88 bits per heavy atom. The molecule has 0 atom stereocenters. The second kappa shape index (κ2) is 6.46. The first-order valence-corrected chi connectivity index (χ1v) is 9.04. The predicted molar refractivity (Wildman–Crippen MR) is 92.5 cm³/mol. The summed E-state index contributed by atoms with van der Waals surface area (Å²) in [5.74, 6) is 0.972. The summed E-state index contributed by atoms with van der Waals surface area (Å²) < 4.78 is 0. The quantitative estimate of drug-likeness (QED) is 0.874. The number of hydrogen-bond acceptors (Lipinski definition) is 4. The Bertz CT molecular complexity index is 847. The fourth-order valence-electron chi connectivity index (χ4n) is 4.08. The molecule has 0 spiro atoms. The molecule has 0 saturated heterocycles. The highest BCUT2D eigenvalue weighted by atomic mass is 16.2. The van der Waals surface area contributed by atoms with E-state index in [0.717, 1.165) is 18.5 Å². The van der Waals surface area contributed by atoms with Crippen molar-refractivity contribution in [1.29, 1.82) is 0 Å². The van der Waals surface area contributed by atoms with Crippen LogP contribution in [0, 0.1) is 6.92 Å². The first kappa shape index (κ1) is 16.1. The van der Waals surface area contributed by atoms with E-state index in [1.807, 2.05) is 0 Å². The van der Waals surface area contributed by atoms with Crippen LogP contribution in [-0.4, -0.2) is 37.5 Å². The van der Waals surface area contributed by atoms with E-state index in [2.05, 4.69) is 20.2 Å². The number of nitrogens with zero attached hydrogens (tertiary/aromatic N) is 3. The summed E-state index contributed by atoms with van der Waals surface area (Å²) in [6, 6.07) is 0. The van der Waals surface area contributed by atoms with E-state index in [9.17, 15) is 9.59 Å². The molecular formula is C18H23N5O2. The largest absolute Gasteiger partial charge is 0.332 e. The number of aromatic amines is 2. The lowest BCUT2D eigenvalue weighted by Gasteiger charge is -2.28. The number of rotatable bonds is 2. The van der Waals surface area contributed by atoms with E-state index < -0.39 is 0 Å². The molecule has 0 bridgehead atoms. The molecule has 2 aromatic heterocycles. The number of hydrogen-bond donors (Lipinski definition) is 2. The van der Waals surface area contributed by atoms with E-state index in [-0.39, 0.29) is 11.5 Å². The highest BCUT2D eigenvalue weighted by Crippen LogP contribution is 2.33. The molecule has 25 heavy (non-hydrogen) atoms. The van der Waals surface area contributed by atoms with Gasteiger partial charge in [-0.15, -0.1) is 0 Å². The van der Waals surface area contributed by atoms with Gasteiger partial charge in [0.1, 0.15) is 5.82 Å². The lowest BCUT2D eigenvalue weighted by Crippen LogP contribution is -2.39.